The number of carbonyl (C=O) groups is 1. The number of piperazine rings is 1. The number of carbonyl (C=O) groups excluding carboxylic acids is 1. The van der Waals surface area contributed by atoms with Crippen LogP contribution in [0.25, 0.3) is 0 Å². The number of Topliss-reactive ketones (excluding diaryl/α,β-unsaturated/α-hetero) is 1. The molecule has 0 saturated carbocycles. The summed E-state index contributed by atoms with van der Waals surface area (Å²) in [6.45, 7) is 6.84. The molecule has 0 amide bonds. The molecule has 22 heavy (non-hydrogen) atoms. The SMILES string of the molecule is CC(=O)c1ccc(CN2CCN(c3ccccc3)CC2)cc1. The molecule has 0 N–H and O–H groups in total. The van der Waals surface area contributed by atoms with Gasteiger partial charge in [0.25, 0.3) is 0 Å². The van der Waals surface area contributed by atoms with E-state index in [1.165, 1.54) is 11.3 Å². The number of para-hydroxylation sites is 1. The second-order valence-corrected chi connectivity index (χ2v) is 5.85. The van der Waals surface area contributed by atoms with Gasteiger partial charge in [-0.1, -0.05) is 42.5 Å². The fraction of sp³-hybridized carbons (Fsp3) is 0.316. The average molecular weight is 294 g/mol. The van der Waals surface area contributed by atoms with Crippen molar-refractivity contribution in [2.45, 2.75) is 13.5 Å². The van der Waals surface area contributed by atoms with Gasteiger partial charge in [0.2, 0.25) is 0 Å². The summed E-state index contributed by atoms with van der Waals surface area (Å²) in [5.41, 5.74) is 3.38. The van der Waals surface area contributed by atoms with Crippen LogP contribution in [0.5, 0.6) is 0 Å². The standard InChI is InChI=1S/C19H22N2O/c1-16(22)18-9-7-17(8-10-18)15-20-11-13-21(14-12-20)19-5-3-2-4-6-19/h2-10H,11-15H2,1H3. The Kier molecular flexibility index (Phi) is 4.54. The van der Waals surface area contributed by atoms with Crippen LogP contribution in [0.15, 0.2) is 54.6 Å². The lowest BCUT2D eigenvalue weighted by molar-refractivity contribution is 0.101. The molecule has 2 aromatic rings. The first-order valence-corrected chi connectivity index (χ1v) is 7.84. The second-order valence-electron chi connectivity index (χ2n) is 5.85. The zero-order chi connectivity index (χ0) is 15.4. The predicted octanol–water partition coefficient (Wildman–Crippen LogP) is 3.21. The van der Waals surface area contributed by atoms with E-state index in [-0.39, 0.29) is 5.78 Å². The van der Waals surface area contributed by atoms with Crippen LogP contribution in [0.4, 0.5) is 5.69 Å². The number of benzene rings is 2. The Morgan fingerprint density at radius 3 is 2.14 bits per heavy atom. The van der Waals surface area contributed by atoms with Crippen LogP contribution >= 0.6 is 0 Å². The van der Waals surface area contributed by atoms with Crippen molar-refractivity contribution in [1.82, 2.24) is 4.90 Å². The molecule has 3 nitrogen and oxygen atoms in total. The Morgan fingerprint density at radius 1 is 0.909 bits per heavy atom. The van der Waals surface area contributed by atoms with Crippen molar-refractivity contribution in [3.05, 3.63) is 65.7 Å². The molecule has 0 aliphatic carbocycles. The molecule has 0 unspecified atom stereocenters. The molecule has 1 aliphatic heterocycles. The fourth-order valence-corrected chi connectivity index (χ4v) is 2.91. The van der Waals surface area contributed by atoms with Gasteiger partial charge >= 0.3 is 0 Å². The molecule has 0 spiro atoms. The largest absolute Gasteiger partial charge is 0.369 e. The van der Waals surface area contributed by atoms with Crippen LogP contribution in [-0.4, -0.2) is 36.9 Å². The van der Waals surface area contributed by atoms with Crippen molar-refractivity contribution in [1.29, 1.82) is 0 Å². The molecule has 1 saturated heterocycles. The smallest absolute Gasteiger partial charge is 0.159 e. The molecule has 3 heteroatoms. The predicted molar refractivity (Wildman–Crippen MR) is 90.4 cm³/mol. The fourth-order valence-electron chi connectivity index (χ4n) is 2.91. The monoisotopic (exact) mass is 294 g/mol. The van der Waals surface area contributed by atoms with E-state index in [0.717, 1.165) is 38.3 Å². The van der Waals surface area contributed by atoms with Crippen LogP contribution in [-0.2, 0) is 6.54 Å². The number of rotatable bonds is 4. The number of hydrogen-bond donors (Lipinski definition) is 0. The summed E-state index contributed by atoms with van der Waals surface area (Å²) in [5, 5.41) is 0. The summed E-state index contributed by atoms with van der Waals surface area (Å²) in [4.78, 5) is 16.2. The molecule has 0 bridgehead atoms. The first-order chi connectivity index (χ1) is 10.7. The number of hydrogen-bond acceptors (Lipinski definition) is 3. The molecular formula is C19H22N2O. The Labute approximate surface area is 132 Å². The van der Waals surface area contributed by atoms with E-state index in [2.05, 4.69) is 52.3 Å². The van der Waals surface area contributed by atoms with Gasteiger partial charge < -0.3 is 4.90 Å². The van der Waals surface area contributed by atoms with Gasteiger partial charge in [0, 0.05) is 44.0 Å². The van der Waals surface area contributed by atoms with Crippen LogP contribution in [0, 0.1) is 0 Å². The topological polar surface area (TPSA) is 23.6 Å². The minimum Gasteiger partial charge on any atom is -0.369 e. The molecule has 0 aromatic heterocycles. The highest BCUT2D eigenvalue weighted by Crippen LogP contribution is 2.17. The van der Waals surface area contributed by atoms with E-state index in [9.17, 15) is 4.79 Å². The van der Waals surface area contributed by atoms with Crippen molar-refractivity contribution in [2.75, 3.05) is 31.1 Å². The first kappa shape index (κ1) is 14.8. The van der Waals surface area contributed by atoms with Gasteiger partial charge in [-0.2, -0.15) is 0 Å². The average Bonchev–Trinajstić information content (AvgIpc) is 2.57. The number of nitrogens with zero attached hydrogens (tertiary/aromatic N) is 2. The maximum absolute atomic E-state index is 11.3. The third-order valence-electron chi connectivity index (χ3n) is 4.26. The Hall–Kier alpha value is -2.13. The molecular weight excluding hydrogens is 272 g/mol. The highest BCUT2D eigenvalue weighted by atomic mass is 16.1. The number of anilines is 1. The van der Waals surface area contributed by atoms with Gasteiger partial charge in [0.05, 0.1) is 0 Å². The molecule has 2 aromatic carbocycles. The van der Waals surface area contributed by atoms with Crippen LogP contribution < -0.4 is 4.90 Å². The van der Waals surface area contributed by atoms with Gasteiger partial charge in [-0.25, -0.2) is 0 Å². The Balaban J connectivity index is 1.54. The lowest BCUT2D eigenvalue weighted by Crippen LogP contribution is -2.45. The van der Waals surface area contributed by atoms with Crippen LogP contribution in [0.3, 0.4) is 0 Å². The highest BCUT2D eigenvalue weighted by molar-refractivity contribution is 5.93. The van der Waals surface area contributed by atoms with E-state index in [0.29, 0.717) is 0 Å². The highest BCUT2D eigenvalue weighted by Gasteiger charge is 2.17. The van der Waals surface area contributed by atoms with E-state index >= 15 is 0 Å². The molecule has 3 rings (SSSR count). The van der Waals surface area contributed by atoms with Gasteiger partial charge in [-0.3, -0.25) is 9.69 Å². The lowest BCUT2D eigenvalue weighted by Gasteiger charge is -2.36. The van der Waals surface area contributed by atoms with Crippen molar-refractivity contribution in [3.8, 4) is 0 Å². The molecule has 0 atom stereocenters. The molecule has 0 radical (unpaired) electrons. The maximum Gasteiger partial charge on any atom is 0.159 e. The van der Waals surface area contributed by atoms with Crippen LogP contribution in [0.1, 0.15) is 22.8 Å². The summed E-state index contributed by atoms with van der Waals surface area (Å²) >= 11 is 0. The van der Waals surface area contributed by atoms with Crippen molar-refractivity contribution in [3.63, 3.8) is 0 Å². The zero-order valence-electron chi connectivity index (χ0n) is 13.0. The third-order valence-corrected chi connectivity index (χ3v) is 4.26. The summed E-state index contributed by atoms with van der Waals surface area (Å²) in [6, 6.07) is 18.6. The van der Waals surface area contributed by atoms with Gasteiger partial charge in [0.15, 0.2) is 5.78 Å². The Morgan fingerprint density at radius 2 is 1.55 bits per heavy atom. The maximum atomic E-state index is 11.3. The molecule has 1 heterocycles. The third kappa shape index (κ3) is 3.55. The normalized spacial score (nSPS) is 15.8. The second kappa shape index (κ2) is 6.75. The first-order valence-electron chi connectivity index (χ1n) is 7.84. The van der Waals surface area contributed by atoms with Crippen molar-refractivity contribution < 1.29 is 4.79 Å². The van der Waals surface area contributed by atoms with Gasteiger partial charge in [-0.05, 0) is 24.6 Å². The quantitative estimate of drug-likeness (QED) is 0.809. The zero-order valence-corrected chi connectivity index (χ0v) is 13.0. The van der Waals surface area contributed by atoms with E-state index in [4.69, 9.17) is 0 Å². The van der Waals surface area contributed by atoms with Crippen LogP contribution in [0.2, 0.25) is 0 Å². The van der Waals surface area contributed by atoms with E-state index in [1.807, 2.05) is 12.1 Å². The molecule has 1 fully saturated rings. The minimum atomic E-state index is 0.128. The van der Waals surface area contributed by atoms with Gasteiger partial charge in [0.1, 0.15) is 0 Å². The van der Waals surface area contributed by atoms with E-state index < -0.39 is 0 Å². The minimum absolute atomic E-state index is 0.128. The van der Waals surface area contributed by atoms with E-state index in [1.54, 1.807) is 6.92 Å². The van der Waals surface area contributed by atoms with Crippen molar-refractivity contribution >= 4 is 11.5 Å². The summed E-state index contributed by atoms with van der Waals surface area (Å²) < 4.78 is 0. The summed E-state index contributed by atoms with van der Waals surface area (Å²) in [5.74, 6) is 0.128. The molecule has 1 aliphatic rings. The molecule has 114 valence electrons. The lowest BCUT2D eigenvalue weighted by atomic mass is 10.1. The summed E-state index contributed by atoms with van der Waals surface area (Å²) in [6.07, 6.45) is 0. The van der Waals surface area contributed by atoms with Gasteiger partial charge in [-0.15, -0.1) is 0 Å². The Bertz CT molecular complexity index is 614. The summed E-state index contributed by atoms with van der Waals surface area (Å²) in [7, 11) is 0. The van der Waals surface area contributed by atoms with Crippen molar-refractivity contribution in [2.24, 2.45) is 0 Å². The number of ketones is 1.